The number of nitro benzene ring substituents is 1. The second-order valence-corrected chi connectivity index (χ2v) is 5.64. The van der Waals surface area contributed by atoms with Crippen molar-refractivity contribution in [3.8, 4) is 11.4 Å². The molecular weight excluding hydrogens is 340 g/mol. The molecule has 1 unspecified atom stereocenters. The highest BCUT2D eigenvalue weighted by Crippen LogP contribution is 2.29. The Morgan fingerprint density at radius 2 is 2.04 bits per heavy atom. The molecule has 1 heterocycles. The lowest BCUT2D eigenvalue weighted by Crippen LogP contribution is -2.23. The monoisotopic (exact) mass is 356 g/mol. The second-order valence-electron chi connectivity index (χ2n) is 5.64. The molecule has 0 radical (unpaired) electrons. The van der Waals surface area contributed by atoms with Crippen LogP contribution in [0.5, 0.6) is 0 Å². The first-order valence-electron chi connectivity index (χ1n) is 7.80. The molecule has 0 bridgehead atoms. The van der Waals surface area contributed by atoms with Gasteiger partial charge in [0.25, 0.3) is 11.2 Å². The SMILES string of the molecule is O=c1[nH]c(-c2ccc([N+](=O)[O-])cc2NCC(O)CO)nc2ccccc12. The van der Waals surface area contributed by atoms with Crippen molar-refractivity contribution >= 4 is 22.3 Å². The molecule has 134 valence electrons. The average molecular weight is 356 g/mol. The van der Waals surface area contributed by atoms with Crippen LogP contribution in [-0.2, 0) is 0 Å². The van der Waals surface area contributed by atoms with Crippen LogP contribution in [0, 0.1) is 10.1 Å². The number of anilines is 1. The average Bonchev–Trinajstić information content (AvgIpc) is 2.65. The van der Waals surface area contributed by atoms with E-state index in [9.17, 15) is 20.0 Å². The van der Waals surface area contributed by atoms with E-state index in [-0.39, 0.29) is 23.6 Å². The van der Waals surface area contributed by atoms with E-state index < -0.39 is 17.6 Å². The van der Waals surface area contributed by atoms with Gasteiger partial charge in [0.15, 0.2) is 0 Å². The highest BCUT2D eigenvalue weighted by Gasteiger charge is 2.15. The van der Waals surface area contributed by atoms with E-state index in [1.54, 1.807) is 24.3 Å². The van der Waals surface area contributed by atoms with Crippen molar-refractivity contribution in [2.75, 3.05) is 18.5 Å². The van der Waals surface area contributed by atoms with Crippen LogP contribution in [-0.4, -0.2) is 44.4 Å². The molecule has 1 atom stereocenters. The fourth-order valence-corrected chi connectivity index (χ4v) is 2.50. The summed E-state index contributed by atoms with van der Waals surface area (Å²) in [5.74, 6) is 0.240. The van der Waals surface area contributed by atoms with E-state index in [1.807, 2.05) is 0 Å². The van der Waals surface area contributed by atoms with Crippen molar-refractivity contribution in [3.05, 3.63) is 62.9 Å². The van der Waals surface area contributed by atoms with Gasteiger partial charge >= 0.3 is 0 Å². The molecule has 3 rings (SSSR count). The van der Waals surface area contributed by atoms with Gasteiger partial charge in [-0.1, -0.05) is 12.1 Å². The topological polar surface area (TPSA) is 141 Å². The van der Waals surface area contributed by atoms with Crippen LogP contribution < -0.4 is 10.9 Å². The largest absolute Gasteiger partial charge is 0.394 e. The molecule has 0 amide bonds. The summed E-state index contributed by atoms with van der Waals surface area (Å²) in [5, 5.41) is 32.8. The zero-order valence-electron chi connectivity index (χ0n) is 13.5. The maximum atomic E-state index is 12.3. The van der Waals surface area contributed by atoms with Crippen LogP contribution in [0.4, 0.5) is 11.4 Å². The van der Waals surface area contributed by atoms with Crippen LogP contribution in [0.1, 0.15) is 0 Å². The molecule has 4 N–H and O–H groups in total. The number of aromatic amines is 1. The first-order chi connectivity index (χ1) is 12.5. The summed E-state index contributed by atoms with van der Waals surface area (Å²) < 4.78 is 0. The maximum Gasteiger partial charge on any atom is 0.271 e. The van der Waals surface area contributed by atoms with Crippen LogP contribution >= 0.6 is 0 Å². The number of nitrogens with zero attached hydrogens (tertiary/aromatic N) is 2. The van der Waals surface area contributed by atoms with E-state index in [4.69, 9.17) is 5.11 Å². The number of aromatic nitrogens is 2. The number of hydrogen-bond acceptors (Lipinski definition) is 7. The van der Waals surface area contributed by atoms with E-state index in [0.29, 0.717) is 22.2 Å². The Labute approximate surface area is 147 Å². The van der Waals surface area contributed by atoms with E-state index in [1.165, 1.54) is 18.2 Å². The first kappa shape index (κ1) is 17.5. The van der Waals surface area contributed by atoms with Crippen molar-refractivity contribution in [2.45, 2.75) is 6.10 Å². The quantitative estimate of drug-likeness (QED) is 0.385. The summed E-state index contributed by atoms with van der Waals surface area (Å²) in [5.41, 5.74) is 0.753. The third-order valence-electron chi connectivity index (χ3n) is 3.82. The van der Waals surface area contributed by atoms with Crippen LogP contribution in [0.2, 0.25) is 0 Å². The van der Waals surface area contributed by atoms with Crippen molar-refractivity contribution in [1.82, 2.24) is 9.97 Å². The van der Waals surface area contributed by atoms with Gasteiger partial charge in [-0.05, 0) is 18.2 Å². The summed E-state index contributed by atoms with van der Waals surface area (Å²) in [4.78, 5) is 29.8. The smallest absolute Gasteiger partial charge is 0.271 e. The number of nitro groups is 1. The summed E-state index contributed by atoms with van der Waals surface area (Å²) in [6.07, 6.45) is -1.04. The van der Waals surface area contributed by atoms with Crippen molar-refractivity contribution < 1.29 is 15.1 Å². The molecule has 2 aromatic carbocycles. The Bertz CT molecular complexity index is 1020. The number of rotatable bonds is 6. The van der Waals surface area contributed by atoms with Gasteiger partial charge < -0.3 is 20.5 Å². The normalized spacial score (nSPS) is 12.1. The molecule has 3 aromatic rings. The fraction of sp³-hybridized carbons (Fsp3) is 0.176. The molecule has 9 nitrogen and oxygen atoms in total. The van der Waals surface area contributed by atoms with Crippen LogP contribution in [0.15, 0.2) is 47.3 Å². The Kier molecular flexibility index (Phi) is 4.92. The summed E-state index contributed by atoms with van der Waals surface area (Å²) in [6, 6.07) is 10.9. The molecule has 9 heteroatoms. The molecule has 1 aromatic heterocycles. The molecule has 0 saturated carbocycles. The van der Waals surface area contributed by atoms with Crippen LogP contribution in [0.3, 0.4) is 0 Å². The Morgan fingerprint density at radius 3 is 2.77 bits per heavy atom. The molecule has 0 spiro atoms. The van der Waals surface area contributed by atoms with Gasteiger partial charge in [-0.3, -0.25) is 14.9 Å². The lowest BCUT2D eigenvalue weighted by molar-refractivity contribution is -0.384. The van der Waals surface area contributed by atoms with E-state index in [2.05, 4.69) is 15.3 Å². The number of fused-ring (bicyclic) bond motifs is 1. The van der Waals surface area contributed by atoms with Crippen molar-refractivity contribution in [2.24, 2.45) is 0 Å². The van der Waals surface area contributed by atoms with E-state index in [0.717, 1.165) is 0 Å². The lowest BCUT2D eigenvalue weighted by Gasteiger charge is -2.14. The van der Waals surface area contributed by atoms with Gasteiger partial charge in [-0.2, -0.15) is 0 Å². The predicted molar refractivity (Wildman–Crippen MR) is 96.0 cm³/mol. The zero-order chi connectivity index (χ0) is 18.7. The molecular formula is C17H16N4O5. The third kappa shape index (κ3) is 3.53. The van der Waals surface area contributed by atoms with Crippen LogP contribution in [0.25, 0.3) is 22.3 Å². The highest BCUT2D eigenvalue weighted by atomic mass is 16.6. The van der Waals surface area contributed by atoms with Gasteiger partial charge in [-0.15, -0.1) is 0 Å². The number of non-ortho nitro benzene ring substituents is 1. The number of para-hydroxylation sites is 1. The van der Waals surface area contributed by atoms with E-state index >= 15 is 0 Å². The number of aliphatic hydroxyl groups excluding tert-OH is 2. The number of benzene rings is 2. The number of aliphatic hydroxyl groups is 2. The molecule has 0 aliphatic heterocycles. The molecule has 0 aliphatic rings. The summed E-state index contributed by atoms with van der Waals surface area (Å²) in [6.45, 7) is -0.481. The maximum absolute atomic E-state index is 12.3. The van der Waals surface area contributed by atoms with Gasteiger partial charge in [0.05, 0.1) is 34.2 Å². The highest BCUT2D eigenvalue weighted by molar-refractivity contribution is 5.82. The minimum Gasteiger partial charge on any atom is -0.394 e. The number of hydrogen-bond donors (Lipinski definition) is 4. The standard InChI is InChI=1S/C17H16N4O5/c22-9-11(23)8-18-15-7-10(21(25)26)5-6-12(15)16-19-14-4-2-1-3-13(14)17(24)20-16/h1-7,11,18,22-23H,8-9H2,(H,19,20,24). The summed E-state index contributed by atoms with van der Waals surface area (Å²) in [7, 11) is 0. The van der Waals surface area contributed by atoms with Crippen molar-refractivity contribution in [3.63, 3.8) is 0 Å². The molecule has 26 heavy (non-hydrogen) atoms. The fourth-order valence-electron chi connectivity index (χ4n) is 2.50. The Balaban J connectivity index is 2.11. The Morgan fingerprint density at radius 1 is 1.27 bits per heavy atom. The minimum absolute atomic E-state index is 0.0253. The first-order valence-corrected chi connectivity index (χ1v) is 7.80. The minimum atomic E-state index is -1.04. The molecule has 0 aliphatic carbocycles. The number of nitrogens with one attached hydrogen (secondary N) is 2. The molecule has 0 fully saturated rings. The third-order valence-corrected chi connectivity index (χ3v) is 3.82. The van der Waals surface area contributed by atoms with Gasteiger partial charge in [-0.25, -0.2) is 4.98 Å². The van der Waals surface area contributed by atoms with Crippen molar-refractivity contribution in [1.29, 1.82) is 0 Å². The Hall–Kier alpha value is -3.30. The lowest BCUT2D eigenvalue weighted by atomic mass is 10.1. The van der Waals surface area contributed by atoms with Gasteiger partial charge in [0.2, 0.25) is 0 Å². The zero-order valence-corrected chi connectivity index (χ0v) is 13.5. The predicted octanol–water partition coefficient (Wildman–Crippen LogP) is 1.26. The molecule has 0 saturated heterocycles. The van der Waals surface area contributed by atoms with Gasteiger partial charge in [0, 0.05) is 24.2 Å². The number of H-pyrrole nitrogens is 1. The second kappa shape index (κ2) is 7.30. The van der Waals surface area contributed by atoms with Gasteiger partial charge in [0.1, 0.15) is 5.82 Å². The summed E-state index contributed by atoms with van der Waals surface area (Å²) >= 11 is 0.